The maximum absolute atomic E-state index is 5.85. The fourth-order valence-electron chi connectivity index (χ4n) is 2.24. The summed E-state index contributed by atoms with van der Waals surface area (Å²) >= 11 is 0. The molecule has 1 heterocycles. The van der Waals surface area contributed by atoms with Gasteiger partial charge >= 0.3 is 0 Å². The molecule has 90 valence electrons. The fourth-order valence-corrected chi connectivity index (χ4v) is 2.24. The van der Waals surface area contributed by atoms with Gasteiger partial charge in [-0.15, -0.1) is 0 Å². The van der Waals surface area contributed by atoms with Gasteiger partial charge in [-0.25, -0.2) is 0 Å². The normalized spacial score (nSPS) is 24.7. The molecule has 0 spiro atoms. The summed E-state index contributed by atoms with van der Waals surface area (Å²) < 4.78 is 0. The van der Waals surface area contributed by atoms with Gasteiger partial charge in [-0.3, -0.25) is 4.90 Å². The number of rotatable bonds is 2. The summed E-state index contributed by atoms with van der Waals surface area (Å²) in [5.41, 5.74) is 14.7. The molecule has 4 nitrogen and oxygen atoms in total. The van der Waals surface area contributed by atoms with E-state index in [1.54, 1.807) is 0 Å². The number of hydrogen-bond acceptors (Lipinski definition) is 4. The molecular weight excluding hydrogens is 200 g/mol. The number of nitrogens with zero attached hydrogens (tertiary/aromatic N) is 2. The van der Waals surface area contributed by atoms with E-state index in [9.17, 15) is 0 Å². The summed E-state index contributed by atoms with van der Waals surface area (Å²) in [6.45, 7) is 5.71. The lowest BCUT2D eigenvalue weighted by atomic mass is 10.00. The van der Waals surface area contributed by atoms with Crippen molar-refractivity contribution in [3.05, 3.63) is 23.0 Å². The first-order valence-electron chi connectivity index (χ1n) is 5.99. The number of allylic oxidation sites excluding steroid dienone is 2. The molecule has 0 bridgehead atoms. The number of hydrogen-bond donors (Lipinski definition) is 2. The molecule has 0 unspecified atom stereocenters. The van der Waals surface area contributed by atoms with Gasteiger partial charge in [-0.05, 0) is 26.0 Å². The molecule has 0 saturated carbocycles. The van der Waals surface area contributed by atoms with E-state index in [4.69, 9.17) is 11.5 Å². The zero-order valence-electron chi connectivity index (χ0n) is 10.1. The third-order valence-corrected chi connectivity index (χ3v) is 3.47. The average Bonchev–Trinajstić information content (AvgIpc) is 2.27. The standard InChI is InChI=1S/C12H22N4/c1-15-4-6-16(7-5-15)9-10-2-3-11(13)12(14)8-10/h8H,2-7,9,13-14H2,1H3. The maximum Gasteiger partial charge on any atom is 0.0504 e. The Morgan fingerprint density at radius 2 is 1.81 bits per heavy atom. The minimum atomic E-state index is 0.773. The Kier molecular flexibility index (Phi) is 3.51. The van der Waals surface area contributed by atoms with Crippen LogP contribution in [0.1, 0.15) is 12.8 Å². The predicted molar refractivity (Wildman–Crippen MR) is 66.7 cm³/mol. The van der Waals surface area contributed by atoms with Crippen molar-refractivity contribution in [2.45, 2.75) is 12.8 Å². The van der Waals surface area contributed by atoms with Crippen molar-refractivity contribution in [3.63, 3.8) is 0 Å². The van der Waals surface area contributed by atoms with Crippen LogP contribution in [0, 0.1) is 0 Å². The molecule has 0 aromatic carbocycles. The zero-order valence-corrected chi connectivity index (χ0v) is 10.1. The molecule has 0 aromatic rings. The molecular formula is C12H22N4. The van der Waals surface area contributed by atoms with Crippen molar-refractivity contribution in [1.82, 2.24) is 9.80 Å². The summed E-state index contributed by atoms with van der Waals surface area (Å²) in [7, 11) is 2.18. The molecule has 2 rings (SSSR count). The molecule has 4 N–H and O–H groups in total. The van der Waals surface area contributed by atoms with Crippen LogP contribution in [0.3, 0.4) is 0 Å². The van der Waals surface area contributed by atoms with Crippen molar-refractivity contribution in [1.29, 1.82) is 0 Å². The van der Waals surface area contributed by atoms with Crippen molar-refractivity contribution >= 4 is 0 Å². The Morgan fingerprint density at radius 3 is 2.44 bits per heavy atom. The molecule has 1 aliphatic heterocycles. The van der Waals surface area contributed by atoms with Crippen molar-refractivity contribution in [2.24, 2.45) is 11.5 Å². The van der Waals surface area contributed by atoms with Crippen LogP contribution < -0.4 is 11.5 Å². The van der Waals surface area contributed by atoms with Crippen LogP contribution in [0.5, 0.6) is 0 Å². The van der Waals surface area contributed by atoms with E-state index >= 15 is 0 Å². The van der Waals surface area contributed by atoms with Gasteiger partial charge in [0.2, 0.25) is 0 Å². The Balaban J connectivity index is 1.89. The highest BCUT2D eigenvalue weighted by molar-refractivity contribution is 5.30. The minimum Gasteiger partial charge on any atom is -0.400 e. The van der Waals surface area contributed by atoms with Gasteiger partial charge < -0.3 is 16.4 Å². The van der Waals surface area contributed by atoms with E-state index in [0.29, 0.717) is 0 Å². The van der Waals surface area contributed by atoms with E-state index in [2.05, 4.69) is 22.9 Å². The van der Waals surface area contributed by atoms with Crippen molar-refractivity contribution in [2.75, 3.05) is 39.8 Å². The van der Waals surface area contributed by atoms with Gasteiger partial charge in [-0.1, -0.05) is 5.57 Å². The molecule has 4 heteroatoms. The molecule has 0 amide bonds. The van der Waals surface area contributed by atoms with Gasteiger partial charge in [0, 0.05) is 38.4 Å². The summed E-state index contributed by atoms with van der Waals surface area (Å²) in [6.07, 6.45) is 4.06. The quantitative estimate of drug-likeness (QED) is 0.695. The molecule has 16 heavy (non-hydrogen) atoms. The van der Waals surface area contributed by atoms with Crippen LogP contribution in [0.15, 0.2) is 23.0 Å². The number of piperazine rings is 1. The van der Waals surface area contributed by atoms with Gasteiger partial charge in [-0.2, -0.15) is 0 Å². The lowest BCUT2D eigenvalue weighted by molar-refractivity contribution is 0.163. The second-order valence-corrected chi connectivity index (χ2v) is 4.86. The molecule has 0 atom stereocenters. The maximum atomic E-state index is 5.85. The van der Waals surface area contributed by atoms with Crippen LogP contribution in [0.25, 0.3) is 0 Å². The van der Waals surface area contributed by atoms with E-state index in [1.807, 2.05) is 0 Å². The highest BCUT2D eigenvalue weighted by Crippen LogP contribution is 2.19. The Labute approximate surface area is 97.6 Å². The summed E-state index contributed by atoms with van der Waals surface area (Å²) in [5, 5.41) is 0. The Hall–Kier alpha value is -1.00. The predicted octanol–water partition coefficient (Wildman–Crippen LogP) is 0.0830. The molecule has 0 aromatic heterocycles. The Morgan fingerprint density at radius 1 is 1.12 bits per heavy atom. The SMILES string of the molecule is CN1CCN(CC2=CC(N)=C(N)CC2)CC1. The van der Waals surface area contributed by atoms with Crippen LogP contribution in [0.4, 0.5) is 0 Å². The van der Waals surface area contributed by atoms with Crippen molar-refractivity contribution in [3.8, 4) is 0 Å². The van der Waals surface area contributed by atoms with Gasteiger partial charge in [0.05, 0.1) is 5.70 Å². The van der Waals surface area contributed by atoms with Gasteiger partial charge in [0.1, 0.15) is 0 Å². The second kappa shape index (κ2) is 4.89. The van der Waals surface area contributed by atoms with E-state index in [1.165, 1.54) is 18.7 Å². The first kappa shape index (κ1) is 11.5. The molecule has 1 aliphatic carbocycles. The highest BCUT2D eigenvalue weighted by Gasteiger charge is 2.16. The highest BCUT2D eigenvalue weighted by atomic mass is 15.2. The molecule has 1 saturated heterocycles. The molecule has 2 aliphatic rings. The summed E-state index contributed by atoms with van der Waals surface area (Å²) in [5.74, 6) is 0. The Bertz CT molecular complexity index is 311. The van der Waals surface area contributed by atoms with Crippen LogP contribution >= 0.6 is 0 Å². The largest absolute Gasteiger partial charge is 0.400 e. The summed E-state index contributed by atoms with van der Waals surface area (Å²) in [6, 6.07) is 0. The van der Waals surface area contributed by atoms with E-state index < -0.39 is 0 Å². The monoisotopic (exact) mass is 222 g/mol. The second-order valence-electron chi connectivity index (χ2n) is 4.86. The van der Waals surface area contributed by atoms with E-state index in [-0.39, 0.29) is 0 Å². The lowest BCUT2D eigenvalue weighted by Crippen LogP contribution is -2.45. The fraction of sp³-hybridized carbons (Fsp3) is 0.667. The van der Waals surface area contributed by atoms with Crippen molar-refractivity contribution < 1.29 is 0 Å². The lowest BCUT2D eigenvalue weighted by Gasteiger charge is -2.33. The smallest absolute Gasteiger partial charge is 0.0504 e. The van der Waals surface area contributed by atoms with Crippen LogP contribution in [-0.2, 0) is 0 Å². The zero-order chi connectivity index (χ0) is 11.5. The average molecular weight is 222 g/mol. The first-order valence-corrected chi connectivity index (χ1v) is 5.99. The third-order valence-electron chi connectivity index (χ3n) is 3.47. The number of nitrogens with two attached hydrogens (primary N) is 2. The van der Waals surface area contributed by atoms with E-state index in [0.717, 1.165) is 43.9 Å². The van der Waals surface area contributed by atoms with Crippen LogP contribution in [0.2, 0.25) is 0 Å². The third kappa shape index (κ3) is 2.77. The minimum absolute atomic E-state index is 0.773. The van der Waals surface area contributed by atoms with Gasteiger partial charge in [0.25, 0.3) is 0 Å². The number of likely N-dealkylation sites (N-methyl/N-ethyl adjacent to an activating group) is 1. The topological polar surface area (TPSA) is 58.5 Å². The van der Waals surface area contributed by atoms with Gasteiger partial charge in [0.15, 0.2) is 0 Å². The summed E-state index contributed by atoms with van der Waals surface area (Å²) in [4.78, 5) is 4.87. The first-order chi connectivity index (χ1) is 7.65. The molecule has 1 fully saturated rings. The van der Waals surface area contributed by atoms with Crippen LogP contribution in [-0.4, -0.2) is 49.6 Å². The molecule has 0 radical (unpaired) electrons.